The van der Waals surface area contributed by atoms with E-state index in [0.29, 0.717) is 6.04 Å². The summed E-state index contributed by atoms with van der Waals surface area (Å²) in [5, 5.41) is 3.47. The number of aryl methyl sites for hydroxylation is 2. The molecule has 17 heavy (non-hydrogen) atoms. The number of hydrogen-bond donors (Lipinski definition) is 1. The fraction of sp³-hybridized carbons (Fsp3) is 0.769. The molecule has 96 valence electrons. The molecule has 1 N–H and O–H groups in total. The lowest BCUT2D eigenvalue weighted by atomic mass is 10.3. The Hall–Kier alpha value is -1.03. The summed E-state index contributed by atoms with van der Waals surface area (Å²) in [6.45, 7) is 11.0. The summed E-state index contributed by atoms with van der Waals surface area (Å²) in [7, 11) is 0. The van der Waals surface area contributed by atoms with Crippen molar-refractivity contribution >= 4 is 5.95 Å². The fourth-order valence-electron chi connectivity index (χ4n) is 2.48. The van der Waals surface area contributed by atoms with Crippen LogP contribution in [0.25, 0.3) is 0 Å². The van der Waals surface area contributed by atoms with Gasteiger partial charge in [0, 0.05) is 25.3 Å². The zero-order valence-electron chi connectivity index (χ0n) is 11.2. The lowest BCUT2D eigenvalue weighted by molar-refractivity contribution is 0.268. The Labute approximate surface area is 104 Å². The first-order valence-electron chi connectivity index (χ1n) is 6.72. The highest BCUT2D eigenvalue weighted by Crippen LogP contribution is 2.13. The van der Waals surface area contributed by atoms with Crippen LogP contribution >= 0.6 is 0 Å². The van der Waals surface area contributed by atoms with E-state index in [9.17, 15) is 0 Å². The van der Waals surface area contributed by atoms with Crippen LogP contribution in [0.15, 0.2) is 6.20 Å². The van der Waals surface area contributed by atoms with Crippen LogP contribution in [-0.4, -0.2) is 40.1 Å². The highest BCUT2D eigenvalue weighted by Gasteiger charge is 2.18. The molecule has 2 rings (SSSR count). The minimum absolute atomic E-state index is 0.597. The summed E-state index contributed by atoms with van der Waals surface area (Å²) < 4.78 is 2.17. The molecular formula is C13H24N4. The van der Waals surface area contributed by atoms with Gasteiger partial charge in [0.05, 0.1) is 5.69 Å². The van der Waals surface area contributed by atoms with E-state index in [0.717, 1.165) is 24.7 Å². The van der Waals surface area contributed by atoms with Gasteiger partial charge in [-0.05, 0) is 46.7 Å². The summed E-state index contributed by atoms with van der Waals surface area (Å²) in [4.78, 5) is 7.07. The molecule has 0 amide bonds. The van der Waals surface area contributed by atoms with Gasteiger partial charge in [0.15, 0.2) is 0 Å². The summed E-state index contributed by atoms with van der Waals surface area (Å²) >= 11 is 0. The summed E-state index contributed by atoms with van der Waals surface area (Å²) in [6.07, 6.45) is 4.81. The maximum absolute atomic E-state index is 4.51. The molecule has 2 heterocycles. The Bertz CT molecular complexity index is 352. The van der Waals surface area contributed by atoms with E-state index in [-0.39, 0.29) is 0 Å². The predicted octanol–water partition coefficient (Wildman–Crippen LogP) is 2.11. The highest BCUT2D eigenvalue weighted by atomic mass is 15.2. The van der Waals surface area contributed by atoms with E-state index < -0.39 is 0 Å². The first-order chi connectivity index (χ1) is 8.20. The van der Waals surface area contributed by atoms with Crippen molar-refractivity contribution in [3.05, 3.63) is 11.9 Å². The molecule has 0 spiro atoms. The second-order valence-corrected chi connectivity index (χ2v) is 4.96. The van der Waals surface area contributed by atoms with Gasteiger partial charge in [-0.3, -0.25) is 4.90 Å². The van der Waals surface area contributed by atoms with E-state index >= 15 is 0 Å². The van der Waals surface area contributed by atoms with E-state index in [4.69, 9.17) is 0 Å². The van der Waals surface area contributed by atoms with Crippen LogP contribution in [0.4, 0.5) is 5.95 Å². The van der Waals surface area contributed by atoms with Gasteiger partial charge in [-0.15, -0.1) is 0 Å². The van der Waals surface area contributed by atoms with Crippen molar-refractivity contribution in [2.24, 2.45) is 0 Å². The van der Waals surface area contributed by atoms with Gasteiger partial charge in [-0.2, -0.15) is 0 Å². The van der Waals surface area contributed by atoms with Crippen molar-refractivity contribution in [3.63, 3.8) is 0 Å². The molecule has 0 radical (unpaired) electrons. The third-order valence-electron chi connectivity index (χ3n) is 3.56. The molecule has 0 bridgehead atoms. The van der Waals surface area contributed by atoms with Crippen molar-refractivity contribution in [2.45, 2.75) is 46.2 Å². The molecule has 1 aromatic rings. The minimum Gasteiger partial charge on any atom is -0.354 e. The summed E-state index contributed by atoms with van der Waals surface area (Å²) in [5.74, 6) is 1.01. The average Bonchev–Trinajstić information content (AvgIpc) is 2.94. The van der Waals surface area contributed by atoms with Gasteiger partial charge in [0.25, 0.3) is 0 Å². The molecule has 1 fully saturated rings. The van der Waals surface area contributed by atoms with Crippen molar-refractivity contribution in [3.8, 4) is 0 Å². The van der Waals surface area contributed by atoms with E-state index in [1.54, 1.807) is 0 Å². The number of nitrogens with one attached hydrogen (secondary N) is 1. The Morgan fingerprint density at radius 2 is 2.12 bits per heavy atom. The second kappa shape index (κ2) is 5.54. The standard InChI is InChI=1S/C13H24N4/c1-4-16-10-11(2)15-13(16)14-9-12(3)17-7-5-6-8-17/h10,12H,4-9H2,1-3H3,(H,14,15). The Balaban J connectivity index is 1.87. The number of anilines is 1. The van der Waals surface area contributed by atoms with Gasteiger partial charge >= 0.3 is 0 Å². The minimum atomic E-state index is 0.597. The fourth-order valence-corrected chi connectivity index (χ4v) is 2.48. The summed E-state index contributed by atoms with van der Waals surface area (Å²) in [6, 6.07) is 0.597. The van der Waals surface area contributed by atoms with Crippen molar-refractivity contribution in [1.29, 1.82) is 0 Å². The molecule has 1 aliphatic heterocycles. The Morgan fingerprint density at radius 3 is 2.76 bits per heavy atom. The molecule has 1 unspecified atom stereocenters. The van der Waals surface area contributed by atoms with Gasteiger partial charge in [0.2, 0.25) is 5.95 Å². The second-order valence-electron chi connectivity index (χ2n) is 4.96. The van der Waals surface area contributed by atoms with Crippen LogP contribution < -0.4 is 5.32 Å². The van der Waals surface area contributed by atoms with Crippen LogP contribution in [0.5, 0.6) is 0 Å². The van der Waals surface area contributed by atoms with Crippen LogP contribution in [-0.2, 0) is 6.54 Å². The number of rotatable bonds is 5. The monoisotopic (exact) mass is 236 g/mol. The number of hydrogen-bond acceptors (Lipinski definition) is 3. The van der Waals surface area contributed by atoms with E-state index in [2.05, 4.69) is 39.8 Å². The maximum Gasteiger partial charge on any atom is 0.203 e. The van der Waals surface area contributed by atoms with Crippen molar-refractivity contribution in [1.82, 2.24) is 14.5 Å². The number of imidazole rings is 1. The van der Waals surface area contributed by atoms with Gasteiger partial charge in [-0.25, -0.2) is 4.98 Å². The predicted molar refractivity (Wildman–Crippen MR) is 71.4 cm³/mol. The summed E-state index contributed by atoms with van der Waals surface area (Å²) in [5.41, 5.74) is 1.09. The Kier molecular flexibility index (Phi) is 4.05. The van der Waals surface area contributed by atoms with E-state index in [1.165, 1.54) is 25.9 Å². The zero-order chi connectivity index (χ0) is 12.3. The number of aromatic nitrogens is 2. The lowest BCUT2D eigenvalue weighted by Crippen LogP contribution is -2.36. The normalized spacial score (nSPS) is 18.5. The third kappa shape index (κ3) is 3.00. The quantitative estimate of drug-likeness (QED) is 0.850. The van der Waals surface area contributed by atoms with Crippen molar-refractivity contribution in [2.75, 3.05) is 25.0 Å². The molecule has 1 saturated heterocycles. The average molecular weight is 236 g/mol. The SMILES string of the molecule is CCn1cc(C)nc1NCC(C)N1CCCC1. The van der Waals surface area contributed by atoms with Crippen LogP contribution in [0.3, 0.4) is 0 Å². The Morgan fingerprint density at radius 1 is 1.41 bits per heavy atom. The topological polar surface area (TPSA) is 33.1 Å². The first-order valence-corrected chi connectivity index (χ1v) is 6.72. The lowest BCUT2D eigenvalue weighted by Gasteiger charge is -2.24. The first kappa shape index (κ1) is 12.4. The van der Waals surface area contributed by atoms with Gasteiger partial charge in [-0.1, -0.05) is 0 Å². The number of likely N-dealkylation sites (tertiary alicyclic amines) is 1. The van der Waals surface area contributed by atoms with Crippen LogP contribution in [0, 0.1) is 6.92 Å². The molecule has 4 heteroatoms. The molecule has 0 aliphatic carbocycles. The largest absolute Gasteiger partial charge is 0.354 e. The molecule has 1 atom stereocenters. The maximum atomic E-state index is 4.51. The molecule has 1 aliphatic rings. The molecule has 1 aromatic heterocycles. The van der Waals surface area contributed by atoms with Crippen LogP contribution in [0.1, 0.15) is 32.4 Å². The van der Waals surface area contributed by atoms with Gasteiger partial charge in [0.1, 0.15) is 0 Å². The number of nitrogens with zero attached hydrogens (tertiary/aromatic N) is 3. The molecule has 4 nitrogen and oxygen atoms in total. The van der Waals surface area contributed by atoms with Gasteiger partial charge < -0.3 is 9.88 Å². The van der Waals surface area contributed by atoms with Crippen molar-refractivity contribution < 1.29 is 0 Å². The zero-order valence-corrected chi connectivity index (χ0v) is 11.2. The van der Waals surface area contributed by atoms with E-state index in [1.807, 2.05) is 6.92 Å². The molecular weight excluding hydrogens is 212 g/mol. The smallest absolute Gasteiger partial charge is 0.203 e. The molecule has 0 aromatic carbocycles. The molecule has 0 saturated carbocycles. The highest BCUT2D eigenvalue weighted by molar-refractivity contribution is 5.28. The van der Waals surface area contributed by atoms with Crippen LogP contribution in [0.2, 0.25) is 0 Å². The third-order valence-corrected chi connectivity index (χ3v) is 3.56.